The number of aromatic nitrogens is 1. The zero-order valence-electron chi connectivity index (χ0n) is 9.77. The number of aryl methyl sites for hydroxylation is 2. The number of aliphatic hydroxyl groups is 1. The smallest absolute Gasteiger partial charge is 0.0897 e. The third-order valence-corrected chi connectivity index (χ3v) is 3.98. The molecule has 0 radical (unpaired) electrons. The van der Waals surface area contributed by atoms with Crippen molar-refractivity contribution in [3.63, 3.8) is 0 Å². The van der Waals surface area contributed by atoms with Crippen LogP contribution in [0.2, 0.25) is 0 Å². The molecular formula is C13H14BrNOS. The minimum absolute atomic E-state index is 0.482. The molecule has 2 aromatic rings. The average molecular weight is 312 g/mol. The van der Waals surface area contributed by atoms with Crippen LogP contribution in [0.3, 0.4) is 0 Å². The average Bonchev–Trinajstić information content (AvgIpc) is 2.63. The van der Waals surface area contributed by atoms with Crippen molar-refractivity contribution in [1.82, 2.24) is 4.98 Å². The van der Waals surface area contributed by atoms with E-state index in [1.807, 2.05) is 37.4 Å². The fourth-order valence-electron chi connectivity index (χ4n) is 1.82. The summed E-state index contributed by atoms with van der Waals surface area (Å²) in [5.41, 5.74) is 3.03. The zero-order chi connectivity index (χ0) is 12.4. The lowest BCUT2D eigenvalue weighted by Crippen LogP contribution is -2.04. The summed E-state index contributed by atoms with van der Waals surface area (Å²) in [6, 6.07) is 5.94. The normalized spacial score (nSPS) is 12.7. The van der Waals surface area contributed by atoms with Gasteiger partial charge in [-0.3, -0.25) is 0 Å². The van der Waals surface area contributed by atoms with Crippen LogP contribution in [0.25, 0.3) is 0 Å². The maximum Gasteiger partial charge on any atom is 0.0897 e. The third-order valence-electron chi connectivity index (χ3n) is 2.66. The van der Waals surface area contributed by atoms with Crippen LogP contribution in [0.1, 0.15) is 27.9 Å². The SMILES string of the molecule is Cc1nc(CC(O)c2ccc(Br)cc2C)cs1. The number of thiazole rings is 1. The van der Waals surface area contributed by atoms with Gasteiger partial charge in [-0.05, 0) is 37.1 Å². The number of aliphatic hydroxyl groups excluding tert-OH is 1. The standard InChI is InChI=1S/C13H14BrNOS/c1-8-5-10(14)3-4-12(8)13(16)6-11-7-17-9(2)15-11/h3-5,7,13,16H,6H2,1-2H3. The van der Waals surface area contributed by atoms with Gasteiger partial charge in [-0.15, -0.1) is 11.3 Å². The lowest BCUT2D eigenvalue weighted by molar-refractivity contribution is 0.176. The fourth-order valence-corrected chi connectivity index (χ4v) is 2.92. The molecule has 4 heteroatoms. The summed E-state index contributed by atoms with van der Waals surface area (Å²) in [5.74, 6) is 0. The van der Waals surface area contributed by atoms with Gasteiger partial charge in [0.15, 0.2) is 0 Å². The molecule has 0 amide bonds. The molecule has 0 bridgehead atoms. The largest absolute Gasteiger partial charge is 0.388 e. The lowest BCUT2D eigenvalue weighted by Gasteiger charge is -2.12. The van der Waals surface area contributed by atoms with E-state index in [4.69, 9.17) is 0 Å². The molecule has 1 unspecified atom stereocenters. The molecule has 1 aromatic heterocycles. The molecule has 1 atom stereocenters. The first-order valence-corrected chi connectivity index (χ1v) is 7.08. The summed E-state index contributed by atoms with van der Waals surface area (Å²) in [7, 11) is 0. The van der Waals surface area contributed by atoms with Crippen LogP contribution in [0.4, 0.5) is 0 Å². The van der Waals surface area contributed by atoms with Crippen LogP contribution >= 0.6 is 27.3 Å². The van der Waals surface area contributed by atoms with E-state index in [0.29, 0.717) is 6.42 Å². The highest BCUT2D eigenvalue weighted by molar-refractivity contribution is 9.10. The van der Waals surface area contributed by atoms with E-state index in [0.717, 1.165) is 26.3 Å². The van der Waals surface area contributed by atoms with E-state index in [1.54, 1.807) is 11.3 Å². The monoisotopic (exact) mass is 311 g/mol. The van der Waals surface area contributed by atoms with Crippen molar-refractivity contribution >= 4 is 27.3 Å². The maximum atomic E-state index is 10.2. The van der Waals surface area contributed by atoms with E-state index < -0.39 is 6.10 Å². The van der Waals surface area contributed by atoms with Gasteiger partial charge in [0, 0.05) is 16.3 Å². The van der Waals surface area contributed by atoms with E-state index in [-0.39, 0.29) is 0 Å². The first-order chi connectivity index (χ1) is 8.06. The second-order valence-corrected chi connectivity index (χ2v) is 6.06. The Morgan fingerprint density at radius 2 is 2.18 bits per heavy atom. The van der Waals surface area contributed by atoms with Crippen LogP contribution < -0.4 is 0 Å². The Kier molecular flexibility index (Phi) is 3.97. The van der Waals surface area contributed by atoms with Gasteiger partial charge in [-0.25, -0.2) is 4.98 Å². The highest BCUT2D eigenvalue weighted by Crippen LogP contribution is 2.24. The Morgan fingerprint density at radius 1 is 1.41 bits per heavy atom. The molecule has 0 aliphatic carbocycles. The highest BCUT2D eigenvalue weighted by Gasteiger charge is 2.12. The Morgan fingerprint density at radius 3 is 2.76 bits per heavy atom. The molecule has 1 heterocycles. The van der Waals surface area contributed by atoms with Crippen LogP contribution in [0.15, 0.2) is 28.1 Å². The van der Waals surface area contributed by atoms with Gasteiger partial charge >= 0.3 is 0 Å². The van der Waals surface area contributed by atoms with Crippen LogP contribution in [0, 0.1) is 13.8 Å². The molecule has 2 rings (SSSR count). The van der Waals surface area contributed by atoms with Crippen molar-refractivity contribution in [2.45, 2.75) is 26.4 Å². The summed E-state index contributed by atoms with van der Waals surface area (Å²) in [5, 5.41) is 13.3. The molecule has 0 aliphatic rings. The Hall–Kier alpha value is -0.710. The Labute approximate surface area is 113 Å². The van der Waals surface area contributed by atoms with Crippen LogP contribution in [-0.4, -0.2) is 10.1 Å². The minimum atomic E-state index is -0.482. The topological polar surface area (TPSA) is 33.1 Å². The van der Waals surface area contributed by atoms with Crippen molar-refractivity contribution in [3.8, 4) is 0 Å². The number of hydrogen-bond donors (Lipinski definition) is 1. The number of benzene rings is 1. The molecule has 1 N–H and O–H groups in total. The molecule has 0 aliphatic heterocycles. The molecule has 90 valence electrons. The van der Waals surface area contributed by atoms with E-state index in [2.05, 4.69) is 20.9 Å². The van der Waals surface area contributed by atoms with Gasteiger partial charge in [-0.1, -0.05) is 22.0 Å². The van der Waals surface area contributed by atoms with Gasteiger partial charge in [0.05, 0.1) is 16.8 Å². The van der Waals surface area contributed by atoms with E-state index in [1.165, 1.54) is 0 Å². The first kappa shape index (κ1) is 12.7. The van der Waals surface area contributed by atoms with Crippen molar-refractivity contribution in [1.29, 1.82) is 0 Å². The molecule has 0 saturated heterocycles. The van der Waals surface area contributed by atoms with Gasteiger partial charge in [0.1, 0.15) is 0 Å². The Bertz CT molecular complexity index is 524. The second kappa shape index (κ2) is 5.29. The number of nitrogens with zero attached hydrogens (tertiary/aromatic N) is 1. The number of hydrogen-bond acceptors (Lipinski definition) is 3. The van der Waals surface area contributed by atoms with Crippen molar-refractivity contribution < 1.29 is 5.11 Å². The number of halogens is 1. The van der Waals surface area contributed by atoms with E-state index >= 15 is 0 Å². The molecule has 0 saturated carbocycles. The van der Waals surface area contributed by atoms with Crippen molar-refractivity contribution in [3.05, 3.63) is 49.9 Å². The number of rotatable bonds is 3. The van der Waals surface area contributed by atoms with Crippen LogP contribution in [0.5, 0.6) is 0 Å². The molecule has 17 heavy (non-hydrogen) atoms. The van der Waals surface area contributed by atoms with E-state index in [9.17, 15) is 5.11 Å². The van der Waals surface area contributed by atoms with Gasteiger partial charge < -0.3 is 5.11 Å². The predicted octanol–water partition coefficient (Wildman–Crippen LogP) is 3.80. The third kappa shape index (κ3) is 3.15. The summed E-state index contributed by atoms with van der Waals surface area (Å²) in [6.45, 7) is 3.99. The molecule has 2 nitrogen and oxygen atoms in total. The first-order valence-electron chi connectivity index (χ1n) is 5.41. The predicted molar refractivity (Wildman–Crippen MR) is 74.4 cm³/mol. The summed E-state index contributed by atoms with van der Waals surface area (Å²) < 4.78 is 1.04. The summed E-state index contributed by atoms with van der Waals surface area (Å²) >= 11 is 5.04. The van der Waals surface area contributed by atoms with Gasteiger partial charge in [0.25, 0.3) is 0 Å². The zero-order valence-corrected chi connectivity index (χ0v) is 12.2. The molecule has 0 spiro atoms. The van der Waals surface area contributed by atoms with Crippen molar-refractivity contribution in [2.75, 3.05) is 0 Å². The highest BCUT2D eigenvalue weighted by atomic mass is 79.9. The summed E-state index contributed by atoms with van der Waals surface area (Å²) in [4.78, 5) is 4.37. The van der Waals surface area contributed by atoms with Gasteiger partial charge in [0.2, 0.25) is 0 Å². The minimum Gasteiger partial charge on any atom is -0.388 e. The van der Waals surface area contributed by atoms with Gasteiger partial charge in [-0.2, -0.15) is 0 Å². The molecule has 0 fully saturated rings. The molecular weight excluding hydrogens is 298 g/mol. The fraction of sp³-hybridized carbons (Fsp3) is 0.308. The van der Waals surface area contributed by atoms with Crippen LogP contribution in [-0.2, 0) is 6.42 Å². The Balaban J connectivity index is 2.17. The van der Waals surface area contributed by atoms with Crippen molar-refractivity contribution in [2.24, 2.45) is 0 Å². The maximum absolute atomic E-state index is 10.2. The lowest BCUT2D eigenvalue weighted by atomic mass is 10.0. The molecule has 1 aromatic carbocycles. The second-order valence-electron chi connectivity index (χ2n) is 4.08. The quantitative estimate of drug-likeness (QED) is 0.935. The summed E-state index contributed by atoms with van der Waals surface area (Å²) in [6.07, 6.45) is 0.0944.